The Hall–Kier alpha value is -0.0400. The lowest BCUT2D eigenvalue weighted by Gasteiger charge is -1.74. The first kappa shape index (κ1) is 2.19. The third kappa shape index (κ3) is 0.106. The van der Waals surface area contributed by atoms with Gasteiger partial charge in [0, 0.05) is 18.6 Å². The third-order valence-corrected chi connectivity index (χ3v) is 1.62. The summed E-state index contributed by atoms with van der Waals surface area (Å²) < 4.78 is 0. The van der Waals surface area contributed by atoms with Crippen LogP contribution in [0, 0.1) is 0 Å². The van der Waals surface area contributed by atoms with E-state index in [0.29, 0.717) is 0 Å². The molecule has 0 aromatic carbocycles. The van der Waals surface area contributed by atoms with Gasteiger partial charge in [0.2, 0.25) is 0 Å². The number of fused-ring (bicyclic) bond motifs is 1. The van der Waals surface area contributed by atoms with Crippen LogP contribution in [0.5, 0.6) is 0 Å². The quantitative estimate of drug-likeness (QED) is 0.364. The molecule has 2 aliphatic heterocycles. The van der Waals surface area contributed by atoms with Crippen molar-refractivity contribution in [3.05, 3.63) is 0 Å². The zero-order valence-electron chi connectivity index (χ0n) is 3.36. The van der Waals surface area contributed by atoms with Gasteiger partial charge in [-0.3, -0.25) is 4.90 Å². The average molecular weight is 69.1 g/mol. The molecule has 0 aromatic rings. The number of hydrogen-bond acceptors (Lipinski definition) is 1. The molecule has 5 heavy (non-hydrogen) atoms. The van der Waals surface area contributed by atoms with Gasteiger partial charge >= 0.3 is 0 Å². The molecule has 0 bridgehead atoms. The standard InChI is InChI=1S/C4H7N/c1-4-2-5(4)3-4/h2-3H2,1H3. The number of rotatable bonds is 0. The van der Waals surface area contributed by atoms with Crippen molar-refractivity contribution in [2.24, 2.45) is 0 Å². The summed E-state index contributed by atoms with van der Waals surface area (Å²) in [4.78, 5) is 2.44. The van der Waals surface area contributed by atoms with E-state index in [4.69, 9.17) is 0 Å². The summed E-state index contributed by atoms with van der Waals surface area (Å²) in [5.74, 6) is 0. The lowest BCUT2D eigenvalue weighted by molar-refractivity contribution is 0.808. The molecule has 2 rings (SSSR count). The first-order chi connectivity index (χ1) is 2.31. The van der Waals surface area contributed by atoms with Crippen molar-refractivity contribution < 1.29 is 0 Å². The van der Waals surface area contributed by atoms with Gasteiger partial charge in [-0.2, -0.15) is 0 Å². The number of hydrogen-bond donors (Lipinski definition) is 0. The summed E-state index contributed by atoms with van der Waals surface area (Å²) in [5, 5.41) is 0. The molecule has 0 aromatic heterocycles. The van der Waals surface area contributed by atoms with Crippen LogP contribution >= 0.6 is 0 Å². The van der Waals surface area contributed by atoms with E-state index in [1.807, 2.05) is 0 Å². The Balaban J connectivity index is 2.37. The molecule has 2 heterocycles. The van der Waals surface area contributed by atoms with Gasteiger partial charge in [-0.1, -0.05) is 0 Å². The van der Waals surface area contributed by atoms with E-state index in [2.05, 4.69) is 11.8 Å². The topological polar surface area (TPSA) is 3.01 Å². The minimum absolute atomic E-state index is 0.750. The molecule has 1 nitrogen and oxygen atoms in total. The SMILES string of the molecule is CC12CN1C2. The van der Waals surface area contributed by atoms with Crippen LogP contribution in [-0.4, -0.2) is 23.5 Å². The second-order valence-corrected chi connectivity index (χ2v) is 2.35. The fraction of sp³-hybridized carbons (Fsp3) is 1.00. The van der Waals surface area contributed by atoms with Crippen LogP contribution in [0.25, 0.3) is 0 Å². The highest BCUT2D eigenvalue weighted by atomic mass is 15.5. The lowest BCUT2D eigenvalue weighted by Crippen LogP contribution is -1.92. The first-order valence-corrected chi connectivity index (χ1v) is 2.06. The summed E-state index contributed by atoms with van der Waals surface area (Å²) in [6.07, 6.45) is 0. The maximum atomic E-state index is 2.44. The van der Waals surface area contributed by atoms with Crippen molar-refractivity contribution in [2.75, 3.05) is 13.1 Å². The predicted octanol–water partition coefficient (Wildman–Crippen LogP) is 0.0743. The minimum atomic E-state index is 0.750. The van der Waals surface area contributed by atoms with Gasteiger partial charge < -0.3 is 0 Å². The molecular weight excluding hydrogens is 62.1 g/mol. The van der Waals surface area contributed by atoms with Gasteiger partial charge in [0.1, 0.15) is 0 Å². The van der Waals surface area contributed by atoms with Gasteiger partial charge in [-0.15, -0.1) is 0 Å². The van der Waals surface area contributed by atoms with E-state index >= 15 is 0 Å². The van der Waals surface area contributed by atoms with Crippen LogP contribution in [0.15, 0.2) is 0 Å². The molecule has 0 spiro atoms. The Kier molecular flexibility index (Phi) is 0.126. The van der Waals surface area contributed by atoms with Crippen molar-refractivity contribution in [3.8, 4) is 0 Å². The Morgan fingerprint density at radius 3 is 1.80 bits per heavy atom. The fourth-order valence-corrected chi connectivity index (χ4v) is 0.705. The Morgan fingerprint density at radius 1 is 1.60 bits per heavy atom. The summed E-state index contributed by atoms with van der Waals surface area (Å²) in [7, 11) is 0. The Labute approximate surface area is 31.6 Å². The second kappa shape index (κ2) is 0.289. The molecule has 0 aliphatic carbocycles. The van der Waals surface area contributed by atoms with Gasteiger partial charge in [0.15, 0.2) is 0 Å². The van der Waals surface area contributed by atoms with E-state index in [0.717, 1.165) is 5.54 Å². The molecule has 0 atom stereocenters. The summed E-state index contributed by atoms with van der Waals surface area (Å²) in [5.41, 5.74) is 0.750. The van der Waals surface area contributed by atoms with Crippen molar-refractivity contribution in [1.29, 1.82) is 0 Å². The van der Waals surface area contributed by atoms with Crippen molar-refractivity contribution >= 4 is 0 Å². The summed E-state index contributed by atoms with van der Waals surface area (Å²) in [6.45, 7) is 5.06. The zero-order chi connectivity index (χ0) is 3.49. The largest absolute Gasteiger partial charge is 0.292 e. The Morgan fingerprint density at radius 2 is 1.80 bits per heavy atom. The van der Waals surface area contributed by atoms with E-state index in [1.54, 1.807) is 0 Å². The second-order valence-electron chi connectivity index (χ2n) is 2.35. The van der Waals surface area contributed by atoms with Crippen molar-refractivity contribution in [1.82, 2.24) is 4.90 Å². The molecule has 0 amide bonds. The maximum Gasteiger partial charge on any atom is 0.0437 e. The highest BCUT2D eigenvalue weighted by molar-refractivity contribution is 5.21. The predicted molar refractivity (Wildman–Crippen MR) is 20.0 cm³/mol. The van der Waals surface area contributed by atoms with E-state index < -0.39 is 0 Å². The van der Waals surface area contributed by atoms with Crippen LogP contribution < -0.4 is 0 Å². The van der Waals surface area contributed by atoms with Crippen LogP contribution in [0.3, 0.4) is 0 Å². The summed E-state index contributed by atoms with van der Waals surface area (Å²) >= 11 is 0. The van der Waals surface area contributed by atoms with Crippen LogP contribution in [0.1, 0.15) is 6.92 Å². The number of nitrogens with zero attached hydrogens (tertiary/aromatic N) is 1. The molecule has 2 aliphatic rings. The first-order valence-electron chi connectivity index (χ1n) is 2.06. The third-order valence-electron chi connectivity index (χ3n) is 1.62. The molecule has 2 saturated heterocycles. The maximum absolute atomic E-state index is 2.44. The highest BCUT2D eigenvalue weighted by Gasteiger charge is 2.63. The van der Waals surface area contributed by atoms with Crippen LogP contribution in [-0.2, 0) is 0 Å². The lowest BCUT2D eigenvalue weighted by atomic mass is 10.3. The van der Waals surface area contributed by atoms with Crippen LogP contribution in [0.4, 0.5) is 0 Å². The fourth-order valence-electron chi connectivity index (χ4n) is 0.705. The van der Waals surface area contributed by atoms with Crippen molar-refractivity contribution in [3.63, 3.8) is 0 Å². The van der Waals surface area contributed by atoms with E-state index in [-0.39, 0.29) is 0 Å². The molecule has 1 heteroatoms. The van der Waals surface area contributed by atoms with E-state index in [9.17, 15) is 0 Å². The van der Waals surface area contributed by atoms with E-state index in [1.165, 1.54) is 13.1 Å². The van der Waals surface area contributed by atoms with Gasteiger partial charge in [0.25, 0.3) is 0 Å². The molecule has 2 fully saturated rings. The average Bonchev–Trinajstić information content (AvgIpc) is 1.74. The van der Waals surface area contributed by atoms with Gasteiger partial charge in [-0.25, -0.2) is 0 Å². The molecule has 0 radical (unpaired) electrons. The molecule has 0 N–H and O–H groups in total. The molecular formula is C4H7N. The normalized spacial score (nSPS) is 70.2. The smallest absolute Gasteiger partial charge is 0.0437 e. The minimum Gasteiger partial charge on any atom is -0.292 e. The van der Waals surface area contributed by atoms with Crippen LogP contribution in [0.2, 0.25) is 0 Å². The van der Waals surface area contributed by atoms with Gasteiger partial charge in [-0.05, 0) is 6.92 Å². The van der Waals surface area contributed by atoms with Crippen molar-refractivity contribution in [2.45, 2.75) is 12.5 Å². The molecule has 28 valence electrons. The zero-order valence-corrected chi connectivity index (χ0v) is 3.36. The highest BCUT2D eigenvalue weighted by Crippen LogP contribution is 2.47. The molecule has 0 saturated carbocycles. The Bertz CT molecular complexity index is 71.7. The van der Waals surface area contributed by atoms with Gasteiger partial charge in [0.05, 0.1) is 0 Å². The molecule has 0 unspecified atom stereocenters. The monoisotopic (exact) mass is 69.1 g/mol. The summed E-state index contributed by atoms with van der Waals surface area (Å²) in [6, 6.07) is 0.